The minimum absolute atomic E-state index is 0.0139. The summed E-state index contributed by atoms with van der Waals surface area (Å²) in [7, 11) is 0. The first-order valence-corrected chi connectivity index (χ1v) is 12.0. The van der Waals surface area contributed by atoms with Crippen LogP contribution in [0.1, 0.15) is 38.8 Å². The summed E-state index contributed by atoms with van der Waals surface area (Å²) in [5, 5.41) is 4.24. The predicted molar refractivity (Wildman–Crippen MR) is 132 cm³/mol. The minimum atomic E-state index is -0.0139. The zero-order valence-corrected chi connectivity index (χ0v) is 19.1. The third-order valence-electron chi connectivity index (χ3n) is 7.09. The van der Waals surface area contributed by atoms with Gasteiger partial charge in [-0.15, -0.1) is 0 Å². The van der Waals surface area contributed by atoms with Crippen LogP contribution in [0.3, 0.4) is 0 Å². The standard InChI is InChI=1S/C29H27N3O2/c33-29(26-25-16-15-21-9-7-8-14-24(21)28(25)34-30-26)32-19-17-31(18-20-32)27(22-10-3-1-4-11-22)23-12-5-2-6-13-23/h1-14,27H,15-20H2. The van der Waals surface area contributed by atoms with Gasteiger partial charge in [0.05, 0.1) is 6.04 Å². The van der Waals surface area contributed by atoms with Gasteiger partial charge in [0.25, 0.3) is 5.91 Å². The molecule has 2 aliphatic rings. The second-order valence-corrected chi connectivity index (χ2v) is 9.05. The number of benzene rings is 3. The fraction of sp³-hybridized carbons (Fsp3) is 0.241. The summed E-state index contributed by atoms with van der Waals surface area (Å²) < 4.78 is 5.69. The Hall–Kier alpha value is -3.70. The Balaban J connectivity index is 1.21. The highest BCUT2D eigenvalue weighted by atomic mass is 16.5. The number of fused-ring (bicyclic) bond motifs is 3. The summed E-state index contributed by atoms with van der Waals surface area (Å²) in [6.07, 6.45) is 1.70. The molecule has 170 valence electrons. The highest BCUT2D eigenvalue weighted by Gasteiger charge is 2.33. The van der Waals surface area contributed by atoms with Crippen molar-refractivity contribution in [1.82, 2.24) is 15.0 Å². The van der Waals surface area contributed by atoms with Crippen molar-refractivity contribution >= 4 is 5.91 Å². The maximum absolute atomic E-state index is 13.4. The number of rotatable bonds is 4. The smallest absolute Gasteiger partial charge is 0.276 e. The van der Waals surface area contributed by atoms with E-state index < -0.39 is 0 Å². The van der Waals surface area contributed by atoms with Crippen LogP contribution < -0.4 is 0 Å². The van der Waals surface area contributed by atoms with Crippen LogP contribution in [-0.2, 0) is 12.8 Å². The number of aryl methyl sites for hydroxylation is 1. The lowest BCUT2D eigenvalue weighted by Crippen LogP contribution is -2.50. The molecule has 1 saturated heterocycles. The van der Waals surface area contributed by atoms with Crippen molar-refractivity contribution in [2.24, 2.45) is 0 Å². The molecule has 0 saturated carbocycles. The maximum Gasteiger partial charge on any atom is 0.276 e. The molecule has 3 aromatic carbocycles. The van der Waals surface area contributed by atoms with E-state index in [2.05, 4.69) is 82.9 Å². The highest BCUT2D eigenvalue weighted by molar-refractivity contribution is 5.95. The lowest BCUT2D eigenvalue weighted by molar-refractivity contribution is 0.0587. The van der Waals surface area contributed by atoms with Crippen molar-refractivity contribution in [2.75, 3.05) is 26.2 Å². The molecule has 34 heavy (non-hydrogen) atoms. The second-order valence-electron chi connectivity index (χ2n) is 9.05. The molecule has 2 heterocycles. The van der Waals surface area contributed by atoms with E-state index in [0.717, 1.165) is 42.8 Å². The average molecular weight is 450 g/mol. The molecule has 0 bridgehead atoms. The lowest BCUT2D eigenvalue weighted by atomic mass is 9.89. The van der Waals surface area contributed by atoms with Crippen molar-refractivity contribution < 1.29 is 9.32 Å². The van der Waals surface area contributed by atoms with Crippen LogP contribution in [0.25, 0.3) is 11.3 Å². The summed E-state index contributed by atoms with van der Waals surface area (Å²) in [4.78, 5) is 17.9. The van der Waals surface area contributed by atoms with E-state index in [1.165, 1.54) is 16.7 Å². The van der Waals surface area contributed by atoms with Crippen LogP contribution in [0.5, 0.6) is 0 Å². The van der Waals surface area contributed by atoms with Crippen molar-refractivity contribution in [1.29, 1.82) is 0 Å². The molecule has 1 aliphatic carbocycles. The SMILES string of the molecule is O=C(c1noc2c1CCc1ccccc1-2)N1CCN(C(c2ccccc2)c2ccccc2)CC1. The van der Waals surface area contributed by atoms with E-state index in [1.807, 2.05) is 17.0 Å². The van der Waals surface area contributed by atoms with Crippen molar-refractivity contribution in [3.05, 3.63) is 113 Å². The van der Waals surface area contributed by atoms with E-state index in [4.69, 9.17) is 4.52 Å². The quantitative estimate of drug-likeness (QED) is 0.441. The topological polar surface area (TPSA) is 49.6 Å². The molecule has 0 atom stereocenters. The van der Waals surface area contributed by atoms with Gasteiger partial charge < -0.3 is 9.42 Å². The van der Waals surface area contributed by atoms with Gasteiger partial charge in [-0.1, -0.05) is 90.1 Å². The normalized spacial score (nSPS) is 15.7. The zero-order chi connectivity index (χ0) is 22.9. The summed E-state index contributed by atoms with van der Waals surface area (Å²) >= 11 is 0. The van der Waals surface area contributed by atoms with Crippen LogP contribution in [-0.4, -0.2) is 47.0 Å². The third-order valence-corrected chi connectivity index (χ3v) is 7.09. The lowest BCUT2D eigenvalue weighted by Gasteiger charge is -2.39. The number of hydrogen-bond donors (Lipinski definition) is 0. The minimum Gasteiger partial charge on any atom is -0.355 e. The predicted octanol–water partition coefficient (Wildman–Crippen LogP) is 4.99. The summed E-state index contributed by atoms with van der Waals surface area (Å²) in [5.74, 6) is 0.747. The molecule has 5 nitrogen and oxygen atoms in total. The van der Waals surface area contributed by atoms with E-state index >= 15 is 0 Å². The van der Waals surface area contributed by atoms with E-state index in [9.17, 15) is 4.79 Å². The van der Waals surface area contributed by atoms with E-state index in [1.54, 1.807) is 0 Å². The number of piperazine rings is 1. The number of nitrogens with zero attached hydrogens (tertiary/aromatic N) is 3. The van der Waals surface area contributed by atoms with Crippen molar-refractivity contribution in [3.8, 4) is 11.3 Å². The Kier molecular flexibility index (Phi) is 5.47. The molecule has 0 N–H and O–H groups in total. The Bertz CT molecular complexity index is 1250. The number of amides is 1. The Labute approximate surface area is 199 Å². The monoisotopic (exact) mass is 449 g/mol. The van der Waals surface area contributed by atoms with E-state index in [-0.39, 0.29) is 11.9 Å². The van der Waals surface area contributed by atoms with Gasteiger partial charge in [-0.2, -0.15) is 0 Å². The van der Waals surface area contributed by atoms with Gasteiger partial charge in [-0.05, 0) is 29.5 Å². The number of hydrogen-bond acceptors (Lipinski definition) is 4. The van der Waals surface area contributed by atoms with Gasteiger partial charge in [-0.25, -0.2) is 0 Å². The molecule has 1 aliphatic heterocycles. The van der Waals surface area contributed by atoms with Crippen LogP contribution in [0.4, 0.5) is 0 Å². The molecule has 1 aromatic heterocycles. The molecule has 1 fully saturated rings. The highest BCUT2D eigenvalue weighted by Crippen LogP contribution is 2.36. The van der Waals surface area contributed by atoms with Gasteiger partial charge in [0, 0.05) is 37.3 Å². The first-order valence-electron chi connectivity index (χ1n) is 12.0. The number of carbonyl (C=O) groups is 1. The van der Waals surface area contributed by atoms with Crippen LogP contribution in [0.15, 0.2) is 89.5 Å². The van der Waals surface area contributed by atoms with E-state index in [0.29, 0.717) is 18.8 Å². The number of aromatic nitrogens is 1. The van der Waals surface area contributed by atoms with Gasteiger partial charge in [0.15, 0.2) is 11.5 Å². The Morgan fingerprint density at radius 3 is 2.06 bits per heavy atom. The summed E-state index contributed by atoms with van der Waals surface area (Å²) in [6.45, 7) is 2.96. The Morgan fingerprint density at radius 1 is 0.765 bits per heavy atom. The molecular formula is C29H27N3O2. The molecule has 5 heteroatoms. The summed E-state index contributed by atoms with van der Waals surface area (Å²) in [6, 6.07) is 29.6. The van der Waals surface area contributed by atoms with Crippen LogP contribution >= 0.6 is 0 Å². The third kappa shape index (κ3) is 3.72. The van der Waals surface area contributed by atoms with Gasteiger partial charge in [0.1, 0.15) is 0 Å². The molecule has 6 rings (SSSR count). The molecular weight excluding hydrogens is 422 g/mol. The molecule has 0 spiro atoms. The largest absolute Gasteiger partial charge is 0.355 e. The van der Waals surface area contributed by atoms with Crippen LogP contribution in [0.2, 0.25) is 0 Å². The first-order chi connectivity index (χ1) is 16.8. The molecule has 1 amide bonds. The fourth-order valence-electron chi connectivity index (χ4n) is 5.36. The first kappa shape index (κ1) is 20.9. The van der Waals surface area contributed by atoms with Crippen LogP contribution in [0, 0.1) is 0 Å². The number of carbonyl (C=O) groups excluding carboxylic acids is 1. The average Bonchev–Trinajstić information content (AvgIpc) is 3.35. The Morgan fingerprint density at radius 2 is 1.38 bits per heavy atom. The maximum atomic E-state index is 13.4. The fourth-order valence-corrected chi connectivity index (χ4v) is 5.36. The summed E-state index contributed by atoms with van der Waals surface area (Å²) in [5.41, 5.74) is 6.31. The van der Waals surface area contributed by atoms with Gasteiger partial charge in [-0.3, -0.25) is 9.69 Å². The molecule has 0 unspecified atom stereocenters. The zero-order valence-electron chi connectivity index (χ0n) is 19.1. The van der Waals surface area contributed by atoms with Gasteiger partial charge in [0.2, 0.25) is 0 Å². The molecule has 4 aromatic rings. The second kappa shape index (κ2) is 8.92. The van der Waals surface area contributed by atoms with Crippen molar-refractivity contribution in [3.63, 3.8) is 0 Å². The molecule has 0 radical (unpaired) electrons. The van der Waals surface area contributed by atoms with Gasteiger partial charge >= 0.3 is 0 Å². The van der Waals surface area contributed by atoms with Crippen molar-refractivity contribution in [2.45, 2.75) is 18.9 Å².